The monoisotopic (exact) mass is 409 g/mol. The number of amides is 1. The molecule has 8 nitrogen and oxygen atoms in total. The standard InChI is InChI=1S/C22H19NO7/c24-14-9-17(26)15-11-20(30-22(28)23-13-4-2-1-3-5-13)21(29-19(15)10-14)12-6-7-16(25)18(27)8-12/h1-10,20-21,24-27H,11H2,(H,23,28). The summed E-state index contributed by atoms with van der Waals surface area (Å²) in [7, 11) is 0. The maximum Gasteiger partial charge on any atom is 0.412 e. The first kappa shape index (κ1) is 19.3. The predicted molar refractivity (Wildman–Crippen MR) is 107 cm³/mol. The number of phenolic OH excluding ortho intramolecular Hbond substituents is 4. The average Bonchev–Trinajstić information content (AvgIpc) is 2.71. The topological polar surface area (TPSA) is 128 Å². The molecule has 2 atom stereocenters. The van der Waals surface area contributed by atoms with Crippen molar-refractivity contribution in [2.24, 2.45) is 0 Å². The second-order valence-electron chi connectivity index (χ2n) is 6.87. The highest BCUT2D eigenvalue weighted by molar-refractivity contribution is 5.84. The first-order chi connectivity index (χ1) is 14.4. The van der Waals surface area contributed by atoms with Gasteiger partial charge in [0.05, 0.1) is 0 Å². The van der Waals surface area contributed by atoms with Crippen molar-refractivity contribution in [3.63, 3.8) is 0 Å². The number of anilines is 1. The molecule has 1 aliphatic heterocycles. The zero-order valence-electron chi connectivity index (χ0n) is 15.6. The van der Waals surface area contributed by atoms with E-state index < -0.39 is 18.3 Å². The van der Waals surface area contributed by atoms with Crippen molar-refractivity contribution in [2.75, 3.05) is 5.32 Å². The predicted octanol–water partition coefficient (Wildman–Crippen LogP) is 3.80. The third-order valence-electron chi connectivity index (χ3n) is 4.77. The highest BCUT2D eigenvalue weighted by atomic mass is 16.6. The molecule has 0 saturated carbocycles. The van der Waals surface area contributed by atoms with Gasteiger partial charge in [0, 0.05) is 35.4 Å². The molecule has 0 saturated heterocycles. The molecule has 4 rings (SSSR count). The molecule has 3 aromatic carbocycles. The van der Waals surface area contributed by atoms with Crippen LogP contribution in [0.25, 0.3) is 0 Å². The van der Waals surface area contributed by atoms with Crippen molar-refractivity contribution in [1.29, 1.82) is 0 Å². The summed E-state index contributed by atoms with van der Waals surface area (Å²) in [5, 5.41) is 42.1. The SMILES string of the molecule is O=C(Nc1ccccc1)OC1Cc2c(O)cc(O)cc2OC1c1ccc(O)c(O)c1. The molecule has 0 spiro atoms. The van der Waals surface area contributed by atoms with E-state index in [1.54, 1.807) is 24.3 Å². The number of carbonyl (C=O) groups is 1. The Morgan fingerprint density at radius 1 is 0.933 bits per heavy atom. The number of benzene rings is 3. The van der Waals surface area contributed by atoms with Crippen LogP contribution in [-0.4, -0.2) is 32.6 Å². The second-order valence-corrected chi connectivity index (χ2v) is 6.87. The van der Waals surface area contributed by atoms with Crippen LogP contribution in [0.4, 0.5) is 10.5 Å². The number of rotatable bonds is 3. The van der Waals surface area contributed by atoms with Gasteiger partial charge in [-0.1, -0.05) is 24.3 Å². The van der Waals surface area contributed by atoms with E-state index in [2.05, 4.69) is 5.32 Å². The first-order valence-electron chi connectivity index (χ1n) is 9.17. The molecule has 0 bridgehead atoms. The van der Waals surface area contributed by atoms with Crippen LogP contribution in [0.2, 0.25) is 0 Å². The van der Waals surface area contributed by atoms with Crippen molar-refractivity contribution >= 4 is 11.8 Å². The molecule has 3 aromatic rings. The number of phenols is 4. The van der Waals surface area contributed by atoms with E-state index in [-0.39, 0.29) is 35.2 Å². The highest BCUT2D eigenvalue weighted by Gasteiger charge is 2.36. The number of ether oxygens (including phenoxy) is 2. The van der Waals surface area contributed by atoms with Crippen LogP contribution in [0.3, 0.4) is 0 Å². The minimum Gasteiger partial charge on any atom is -0.508 e. The molecule has 30 heavy (non-hydrogen) atoms. The molecule has 5 N–H and O–H groups in total. The highest BCUT2D eigenvalue weighted by Crippen LogP contribution is 2.43. The largest absolute Gasteiger partial charge is 0.508 e. The molecule has 0 fully saturated rings. The third-order valence-corrected chi connectivity index (χ3v) is 4.77. The van der Waals surface area contributed by atoms with Crippen molar-refractivity contribution in [3.8, 4) is 28.7 Å². The number of hydrogen-bond acceptors (Lipinski definition) is 7. The summed E-state index contributed by atoms with van der Waals surface area (Å²) in [5.41, 5.74) is 1.37. The van der Waals surface area contributed by atoms with Gasteiger partial charge >= 0.3 is 6.09 Å². The van der Waals surface area contributed by atoms with Crippen LogP contribution in [0, 0.1) is 0 Å². The van der Waals surface area contributed by atoms with E-state index in [0.29, 0.717) is 16.8 Å². The van der Waals surface area contributed by atoms with Gasteiger partial charge in [0.1, 0.15) is 23.4 Å². The lowest BCUT2D eigenvalue weighted by Gasteiger charge is -2.34. The summed E-state index contributed by atoms with van der Waals surface area (Å²) in [6.07, 6.45) is -2.33. The van der Waals surface area contributed by atoms with E-state index in [9.17, 15) is 25.2 Å². The average molecular weight is 409 g/mol. The van der Waals surface area contributed by atoms with Gasteiger partial charge in [-0.3, -0.25) is 5.32 Å². The quantitative estimate of drug-likeness (QED) is 0.416. The Balaban J connectivity index is 1.65. The zero-order valence-corrected chi connectivity index (χ0v) is 15.6. The fraction of sp³-hybridized carbons (Fsp3) is 0.136. The first-order valence-corrected chi connectivity index (χ1v) is 9.17. The summed E-state index contributed by atoms with van der Waals surface area (Å²) < 4.78 is 11.5. The Labute approximate surface area is 171 Å². The van der Waals surface area contributed by atoms with Gasteiger partial charge in [-0.25, -0.2) is 4.79 Å². The number of hydrogen-bond donors (Lipinski definition) is 5. The normalized spacial score (nSPS) is 17.5. The Morgan fingerprint density at radius 3 is 2.43 bits per heavy atom. The smallest absolute Gasteiger partial charge is 0.412 e. The van der Waals surface area contributed by atoms with E-state index >= 15 is 0 Å². The minimum atomic E-state index is -0.861. The Morgan fingerprint density at radius 2 is 1.70 bits per heavy atom. The van der Waals surface area contributed by atoms with Crippen molar-refractivity contribution in [1.82, 2.24) is 0 Å². The van der Waals surface area contributed by atoms with Gasteiger partial charge in [0.15, 0.2) is 17.6 Å². The van der Waals surface area contributed by atoms with E-state index in [4.69, 9.17) is 9.47 Å². The molecule has 0 radical (unpaired) electrons. The lowest BCUT2D eigenvalue weighted by Crippen LogP contribution is -2.36. The number of carbonyl (C=O) groups excluding carboxylic acids is 1. The molecular weight excluding hydrogens is 390 g/mol. The molecule has 0 aromatic heterocycles. The van der Waals surface area contributed by atoms with Gasteiger partial charge < -0.3 is 29.9 Å². The number of nitrogens with one attached hydrogen (secondary N) is 1. The van der Waals surface area contributed by atoms with Crippen molar-refractivity contribution in [2.45, 2.75) is 18.6 Å². The summed E-state index contributed by atoms with van der Waals surface area (Å²) in [6.45, 7) is 0. The lowest BCUT2D eigenvalue weighted by molar-refractivity contribution is 0.00798. The molecule has 0 aliphatic carbocycles. The Kier molecular flexibility index (Phi) is 4.97. The van der Waals surface area contributed by atoms with Crippen LogP contribution in [0.5, 0.6) is 28.7 Å². The number of aromatic hydroxyl groups is 4. The molecule has 8 heteroatoms. The Hall–Kier alpha value is -4.07. The van der Waals surface area contributed by atoms with Crippen LogP contribution in [0.1, 0.15) is 17.2 Å². The van der Waals surface area contributed by atoms with Gasteiger partial charge in [-0.2, -0.15) is 0 Å². The van der Waals surface area contributed by atoms with Crippen LogP contribution in [-0.2, 0) is 11.2 Å². The van der Waals surface area contributed by atoms with Gasteiger partial charge in [0.2, 0.25) is 0 Å². The number of fused-ring (bicyclic) bond motifs is 1. The molecule has 154 valence electrons. The zero-order chi connectivity index (χ0) is 21.3. The summed E-state index contributed by atoms with van der Waals surface area (Å²) >= 11 is 0. The fourth-order valence-electron chi connectivity index (χ4n) is 3.36. The summed E-state index contributed by atoms with van der Waals surface area (Å²) in [5.74, 6) is -0.792. The summed E-state index contributed by atoms with van der Waals surface area (Å²) in [4.78, 5) is 12.4. The van der Waals surface area contributed by atoms with Gasteiger partial charge in [-0.05, 0) is 24.3 Å². The summed E-state index contributed by atoms with van der Waals surface area (Å²) in [6, 6.07) is 15.4. The molecular formula is C22H19NO7. The molecule has 1 aliphatic rings. The number of para-hydroxylation sites is 1. The van der Waals surface area contributed by atoms with Crippen LogP contribution < -0.4 is 10.1 Å². The maximum atomic E-state index is 12.4. The molecule has 1 heterocycles. The van der Waals surface area contributed by atoms with Crippen molar-refractivity contribution < 1.29 is 34.7 Å². The van der Waals surface area contributed by atoms with E-state index in [1.165, 1.54) is 30.3 Å². The maximum absolute atomic E-state index is 12.4. The third kappa shape index (κ3) is 3.88. The Bertz CT molecular complexity index is 1080. The van der Waals surface area contributed by atoms with E-state index in [0.717, 1.165) is 0 Å². The lowest BCUT2D eigenvalue weighted by atomic mass is 9.93. The van der Waals surface area contributed by atoms with E-state index in [1.807, 2.05) is 6.07 Å². The van der Waals surface area contributed by atoms with Crippen LogP contribution >= 0.6 is 0 Å². The second kappa shape index (κ2) is 7.75. The molecule has 1 amide bonds. The molecule has 2 unspecified atom stereocenters. The minimum absolute atomic E-state index is 0.107. The van der Waals surface area contributed by atoms with Gasteiger partial charge in [0.25, 0.3) is 0 Å². The van der Waals surface area contributed by atoms with Gasteiger partial charge in [-0.15, -0.1) is 0 Å². The van der Waals surface area contributed by atoms with Crippen molar-refractivity contribution in [3.05, 3.63) is 71.8 Å². The fourth-order valence-corrected chi connectivity index (χ4v) is 3.36. The van der Waals surface area contributed by atoms with Crippen LogP contribution in [0.15, 0.2) is 60.7 Å².